The molecular weight excluding hydrogens is 701 g/mol. The zero-order valence-corrected chi connectivity index (χ0v) is 30.6. The van der Waals surface area contributed by atoms with Gasteiger partial charge in [-0.15, -0.1) is 0 Å². The van der Waals surface area contributed by atoms with Crippen molar-refractivity contribution in [3.05, 3.63) is 194 Å². The maximum Gasteiger partial charge on any atom is 0.164 e. The molecule has 0 aliphatic carbocycles. The molecule has 0 spiro atoms. The fourth-order valence-electron chi connectivity index (χ4n) is 7.87. The molecular formula is C51H32N4O2. The highest BCUT2D eigenvalue weighted by Gasteiger charge is 2.22. The molecule has 0 aliphatic rings. The van der Waals surface area contributed by atoms with Crippen molar-refractivity contribution >= 4 is 60.9 Å². The monoisotopic (exact) mass is 732 g/mol. The quantitative estimate of drug-likeness (QED) is 0.162. The van der Waals surface area contributed by atoms with Gasteiger partial charge >= 0.3 is 0 Å². The minimum Gasteiger partial charge on any atom is -0.456 e. The minimum atomic E-state index is 0.552. The van der Waals surface area contributed by atoms with Gasteiger partial charge in [-0.2, -0.15) is 0 Å². The van der Waals surface area contributed by atoms with E-state index < -0.39 is 0 Å². The van der Waals surface area contributed by atoms with E-state index in [2.05, 4.69) is 114 Å². The molecule has 11 rings (SSSR count). The number of nitrogens with zero attached hydrogens (tertiary/aromatic N) is 4. The summed E-state index contributed by atoms with van der Waals surface area (Å²) >= 11 is 0. The predicted molar refractivity (Wildman–Crippen MR) is 231 cm³/mol. The molecule has 0 radical (unpaired) electrons. The third-order valence-corrected chi connectivity index (χ3v) is 10.5. The van der Waals surface area contributed by atoms with E-state index in [0.717, 1.165) is 77.6 Å². The maximum atomic E-state index is 6.67. The summed E-state index contributed by atoms with van der Waals surface area (Å²) in [6.45, 7) is 0. The van der Waals surface area contributed by atoms with Gasteiger partial charge in [-0.3, -0.25) is 0 Å². The average Bonchev–Trinajstić information content (AvgIpc) is 3.86. The summed E-state index contributed by atoms with van der Waals surface area (Å²) in [5.74, 6) is 1.71. The third kappa shape index (κ3) is 5.70. The minimum absolute atomic E-state index is 0.552. The van der Waals surface area contributed by atoms with Gasteiger partial charge in [0.2, 0.25) is 0 Å². The van der Waals surface area contributed by atoms with E-state index in [-0.39, 0.29) is 0 Å². The Kier molecular flexibility index (Phi) is 7.71. The second-order valence-corrected chi connectivity index (χ2v) is 14.0. The van der Waals surface area contributed by atoms with Crippen LogP contribution in [0, 0.1) is 0 Å². The van der Waals surface area contributed by atoms with Crippen LogP contribution in [0.5, 0.6) is 0 Å². The van der Waals surface area contributed by atoms with E-state index in [0.29, 0.717) is 17.5 Å². The van der Waals surface area contributed by atoms with E-state index in [1.165, 1.54) is 11.1 Å². The van der Waals surface area contributed by atoms with Gasteiger partial charge < -0.3 is 13.7 Å². The van der Waals surface area contributed by atoms with Gasteiger partial charge in [0.25, 0.3) is 0 Å². The Balaban J connectivity index is 1.07. The van der Waals surface area contributed by atoms with E-state index in [1.54, 1.807) is 0 Å². The van der Waals surface area contributed by atoms with Crippen LogP contribution < -0.4 is 4.90 Å². The van der Waals surface area contributed by atoms with Crippen LogP contribution in [-0.4, -0.2) is 15.0 Å². The lowest BCUT2D eigenvalue weighted by Crippen LogP contribution is -2.10. The Morgan fingerprint density at radius 3 is 1.63 bits per heavy atom. The van der Waals surface area contributed by atoms with Crippen molar-refractivity contribution in [1.82, 2.24) is 15.0 Å². The SMILES string of the molecule is c1ccc(-c2ccc(N(c3ccccc3)c3cccc4oc5cc(-c6nc(-c7ccccc7)nc(-c7cccc8oc9ccccc9c78)n6)ccc5c34)cc2)cc1. The highest BCUT2D eigenvalue weighted by molar-refractivity contribution is 6.14. The Bertz CT molecular complexity index is 3230. The molecule has 0 saturated carbocycles. The van der Waals surface area contributed by atoms with Crippen LogP contribution in [-0.2, 0) is 0 Å². The van der Waals surface area contributed by atoms with Crippen molar-refractivity contribution < 1.29 is 8.83 Å². The number of para-hydroxylation sites is 2. The molecule has 0 atom stereocenters. The van der Waals surface area contributed by atoms with Crippen LogP contribution in [0.1, 0.15) is 0 Å². The second kappa shape index (κ2) is 13.5. The van der Waals surface area contributed by atoms with Gasteiger partial charge in [-0.05, 0) is 71.8 Å². The molecule has 6 nitrogen and oxygen atoms in total. The van der Waals surface area contributed by atoms with Crippen molar-refractivity contribution in [3.63, 3.8) is 0 Å². The van der Waals surface area contributed by atoms with E-state index >= 15 is 0 Å². The van der Waals surface area contributed by atoms with Gasteiger partial charge in [-0.1, -0.05) is 133 Å². The molecule has 3 heterocycles. The van der Waals surface area contributed by atoms with Crippen LogP contribution in [0.3, 0.4) is 0 Å². The number of fused-ring (bicyclic) bond motifs is 6. The molecule has 0 N–H and O–H groups in total. The zero-order chi connectivity index (χ0) is 37.7. The van der Waals surface area contributed by atoms with Crippen molar-refractivity contribution in [2.24, 2.45) is 0 Å². The average molecular weight is 733 g/mol. The molecule has 0 saturated heterocycles. The molecule has 57 heavy (non-hydrogen) atoms. The molecule has 6 heteroatoms. The lowest BCUT2D eigenvalue weighted by molar-refractivity contribution is 0.668. The van der Waals surface area contributed by atoms with Gasteiger partial charge in [0.05, 0.1) is 11.1 Å². The Hall–Kier alpha value is -7.83. The predicted octanol–water partition coefficient (Wildman–Crippen LogP) is 13.8. The highest BCUT2D eigenvalue weighted by Crippen LogP contribution is 2.44. The van der Waals surface area contributed by atoms with Crippen LogP contribution in [0.2, 0.25) is 0 Å². The first kappa shape index (κ1) is 32.6. The Labute approximate surface area is 328 Å². The Morgan fingerprint density at radius 2 is 0.860 bits per heavy atom. The van der Waals surface area contributed by atoms with E-state index in [9.17, 15) is 0 Å². The third-order valence-electron chi connectivity index (χ3n) is 10.5. The van der Waals surface area contributed by atoms with Crippen LogP contribution in [0.4, 0.5) is 17.1 Å². The smallest absolute Gasteiger partial charge is 0.164 e. The topological polar surface area (TPSA) is 68.2 Å². The normalized spacial score (nSPS) is 11.5. The number of hydrogen-bond acceptors (Lipinski definition) is 6. The fraction of sp³-hybridized carbons (Fsp3) is 0. The second-order valence-electron chi connectivity index (χ2n) is 14.0. The van der Waals surface area contributed by atoms with E-state index in [4.69, 9.17) is 23.8 Å². The zero-order valence-electron chi connectivity index (χ0n) is 30.6. The number of benzene rings is 8. The van der Waals surface area contributed by atoms with Crippen molar-refractivity contribution in [2.75, 3.05) is 4.90 Å². The first-order chi connectivity index (χ1) is 28.2. The summed E-state index contributed by atoms with van der Waals surface area (Å²) in [7, 11) is 0. The first-order valence-electron chi connectivity index (χ1n) is 18.9. The highest BCUT2D eigenvalue weighted by atomic mass is 16.3. The van der Waals surface area contributed by atoms with Gasteiger partial charge in [0.15, 0.2) is 17.5 Å². The number of aromatic nitrogens is 3. The first-order valence-corrected chi connectivity index (χ1v) is 18.9. The lowest BCUT2D eigenvalue weighted by atomic mass is 10.0. The largest absolute Gasteiger partial charge is 0.456 e. The van der Waals surface area contributed by atoms with Crippen LogP contribution >= 0.6 is 0 Å². The molecule has 0 aliphatic heterocycles. The van der Waals surface area contributed by atoms with Crippen molar-refractivity contribution in [1.29, 1.82) is 0 Å². The number of hydrogen-bond donors (Lipinski definition) is 0. The van der Waals surface area contributed by atoms with Gasteiger partial charge in [-0.25, -0.2) is 15.0 Å². The molecule has 11 aromatic rings. The van der Waals surface area contributed by atoms with Crippen molar-refractivity contribution in [3.8, 4) is 45.3 Å². The summed E-state index contributed by atoms with van der Waals surface area (Å²) < 4.78 is 12.9. The molecule has 0 fully saturated rings. The summed E-state index contributed by atoms with van der Waals surface area (Å²) in [5, 5.41) is 4.01. The van der Waals surface area contributed by atoms with Gasteiger partial charge in [0.1, 0.15) is 22.3 Å². The molecule has 8 aromatic carbocycles. The molecule has 3 aromatic heterocycles. The summed E-state index contributed by atoms with van der Waals surface area (Å²) in [4.78, 5) is 17.5. The maximum absolute atomic E-state index is 6.67. The number of rotatable bonds is 7. The molecule has 0 amide bonds. The summed E-state index contributed by atoms with van der Waals surface area (Å²) in [5.41, 5.74) is 11.2. The van der Waals surface area contributed by atoms with Gasteiger partial charge in [0, 0.05) is 44.2 Å². The standard InChI is InChI=1S/C51H32N4O2/c1-4-14-33(15-5-1)34-26-29-38(30-27-34)55(37-18-8-3-9-19-37)42-22-13-25-45-48(42)40-31-28-36(32-46(40)57-45)50-52-49(35-16-6-2-7-17-35)53-51(54-50)41-21-12-24-44-47(41)39-20-10-11-23-43(39)56-44/h1-32H. The Morgan fingerprint density at radius 1 is 0.333 bits per heavy atom. The summed E-state index contributed by atoms with van der Waals surface area (Å²) in [6.07, 6.45) is 0. The van der Waals surface area contributed by atoms with Crippen molar-refractivity contribution in [2.45, 2.75) is 0 Å². The van der Waals surface area contributed by atoms with E-state index in [1.807, 2.05) is 84.9 Å². The lowest BCUT2D eigenvalue weighted by Gasteiger charge is -2.26. The van der Waals surface area contributed by atoms with Crippen LogP contribution in [0.15, 0.2) is 203 Å². The molecule has 0 bridgehead atoms. The molecule has 0 unspecified atom stereocenters. The number of anilines is 3. The number of furan rings is 2. The summed E-state index contributed by atoms with van der Waals surface area (Å²) in [6, 6.07) is 66.3. The van der Waals surface area contributed by atoms with Crippen LogP contribution in [0.25, 0.3) is 89.2 Å². The fourth-order valence-corrected chi connectivity index (χ4v) is 7.87. The molecule has 268 valence electrons.